The molecule has 2 saturated carbocycles. The number of ether oxygens (including phenoxy) is 2. The minimum atomic E-state index is 0.00127. The van der Waals surface area contributed by atoms with Crippen molar-refractivity contribution < 1.29 is 14.3 Å². The molecule has 2 aliphatic rings. The number of fused-ring (bicyclic) bond motifs is 2. The second kappa shape index (κ2) is 6.53. The van der Waals surface area contributed by atoms with Gasteiger partial charge in [-0.1, -0.05) is 6.42 Å². The van der Waals surface area contributed by atoms with Gasteiger partial charge < -0.3 is 14.8 Å². The van der Waals surface area contributed by atoms with Gasteiger partial charge >= 0.3 is 0 Å². The first-order valence-corrected chi connectivity index (χ1v) is 7.06. The lowest BCUT2D eigenvalue weighted by Gasteiger charge is -2.28. The lowest BCUT2D eigenvalue weighted by atomic mass is 9.84. The molecule has 0 aliphatic heterocycles. The van der Waals surface area contributed by atoms with Gasteiger partial charge in [0.15, 0.2) is 0 Å². The van der Waals surface area contributed by atoms with Crippen molar-refractivity contribution in [3.05, 3.63) is 0 Å². The number of hydrogen-bond donors (Lipinski definition) is 1. The molecular weight excluding hydrogens is 230 g/mol. The first-order chi connectivity index (χ1) is 8.70. The Labute approximate surface area is 109 Å². The number of rotatable bonds is 7. The van der Waals surface area contributed by atoms with E-state index in [0.29, 0.717) is 25.2 Å². The summed E-state index contributed by atoms with van der Waals surface area (Å²) in [6, 6.07) is 0.291. The standard InChI is InChI=1S/C14H25NO3/c1-10(13-8-11-3-4-12(13)7-11)15-14(16)9-18-6-5-17-2/h10-13H,3-9H2,1-2H3,(H,15,16). The van der Waals surface area contributed by atoms with E-state index in [2.05, 4.69) is 12.2 Å². The van der Waals surface area contributed by atoms with Crippen LogP contribution in [0.5, 0.6) is 0 Å². The summed E-state index contributed by atoms with van der Waals surface area (Å²) in [5.74, 6) is 2.46. The van der Waals surface area contributed by atoms with Gasteiger partial charge in [0, 0.05) is 13.2 Å². The fourth-order valence-electron chi connectivity index (χ4n) is 3.62. The van der Waals surface area contributed by atoms with Gasteiger partial charge in [-0.05, 0) is 43.9 Å². The summed E-state index contributed by atoms with van der Waals surface area (Å²) in [4.78, 5) is 11.7. The molecule has 18 heavy (non-hydrogen) atoms. The van der Waals surface area contributed by atoms with Crippen LogP contribution in [0.25, 0.3) is 0 Å². The molecule has 2 rings (SSSR count). The third kappa shape index (κ3) is 3.45. The lowest BCUT2D eigenvalue weighted by molar-refractivity contribution is -0.127. The van der Waals surface area contributed by atoms with Crippen molar-refractivity contribution in [2.45, 2.75) is 38.6 Å². The largest absolute Gasteiger partial charge is 0.382 e. The summed E-state index contributed by atoms with van der Waals surface area (Å²) >= 11 is 0. The predicted octanol–water partition coefficient (Wildman–Crippen LogP) is 1.59. The zero-order valence-corrected chi connectivity index (χ0v) is 11.5. The molecule has 1 N–H and O–H groups in total. The molecule has 4 nitrogen and oxygen atoms in total. The average molecular weight is 255 g/mol. The molecule has 0 radical (unpaired) electrons. The first kappa shape index (κ1) is 13.8. The molecular formula is C14H25NO3. The van der Waals surface area contributed by atoms with Crippen molar-refractivity contribution in [2.75, 3.05) is 26.9 Å². The van der Waals surface area contributed by atoms with Crippen LogP contribution in [0, 0.1) is 17.8 Å². The predicted molar refractivity (Wildman–Crippen MR) is 69.2 cm³/mol. The Bertz CT molecular complexity index is 282. The summed E-state index contributed by atoms with van der Waals surface area (Å²) in [6.07, 6.45) is 5.45. The van der Waals surface area contributed by atoms with E-state index in [4.69, 9.17) is 9.47 Å². The smallest absolute Gasteiger partial charge is 0.246 e. The van der Waals surface area contributed by atoms with Crippen LogP contribution in [-0.4, -0.2) is 38.9 Å². The molecule has 104 valence electrons. The maximum Gasteiger partial charge on any atom is 0.246 e. The van der Waals surface area contributed by atoms with Gasteiger partial charge in [0.25, 0.3) is 0 Å². The van der Waals surface area contributed by atoms with Crippen molar-refractivity contribution in [2.24, 2.45) is 17.8 Å². The van der Waals surface area contributed by atoms with E-state index < -0.39 is 0 Å². The van der Waals surface area contributed by atoms with Crippen LogP contribution in [0.3, 0.4) is 0 Å². The Hall–Kier alpha value is -0.610. The summed E-state index contributed by atoms with van der Waals surface area (Å²) in [6.45, 7) is 3.30. The minimum absolute atomic E-state index is 0.00127. The molecule has 0 aromatic heterocycles. The van der Waals surface area contributed by atoms with Crippen LogP contribution in [0.2, 0.25) is 0 Å². The number of carbonyl (C=O) groups is 1. The summed E-state index contributed by atoms with van der Waals surface area (Å²) in [5, 5.41) is 3.08. The quantitative estimate of drug-likeness (QED) is 0.703. The number of methoxy groups -OCH3 is 1. The molecule has 0 spiro atoms. The van der Waals surface area contributed by atoms with Crippen molar-refractivity contribution in [1.82, 2.24) is 5.32 Å². The van der Waals surface area contributed by atoms with E-state index in [-0.39, 0.29) is 12.5 Å². The Kier molecular flexibility index (Phi) is 5.01. The van der Waals surface area contributed by atoms with E-state index in [9.17, 15) is 4.79 Å². The fraction of sp³-hybridized carbons (Fsp3) is 0.929. The van der Waals surface area contributed by atoms with Gasteiger partial charge in [0.2, 0.25) is 5.91 Å². The molecule has 0 heterocycles. The van der Waals surface area contributed by atoms with Crippen LogP contribution in [0.4, 0.5) is 0 Å². The Morgan fingerprint density at radius 1 is 1.33 bits per heavy atom. The Balaban J connectivity index is 1.64. The topological polar surface area (TPSA) is 47.6 Å². The van der Waals surface area contributed by atoms with Crippen LogP contribution < -0.4 is 5.32 Å². The first-order valence-electron chi connectivity index (χ1n) is 7.06. The highest BCUT2D eigenvalue weighted by Gasteiger charge is 2.42. The van der Waals surface area contributed by atoms with Crippen molar-refractivity contribution in [3.8, 4) is 0 Å². The van der Waals surface area contributed by atoms with Crippen LogP contribution in [0.1, 0.15) is 32.6 Å². The van der Waals surface area contributed by atoms with Crippen molar-refractivity contribution in [3.63, 3.8) is 0 Å². The minimum Gasteiger partial charge on any atom is -0.382 e. The Morgan fingerprint density at radius 3 is 2.78 bits per heavy atom. The molecule has 4 unspecified atom stereocenters. The summed E-state index contributed by atoms with van der Waals surface area (Å²) in [7, 11) is 1.63. The number of carbonyl (C=O) groups excluding carboxylic acids is 1. The van der Waals surface area contributed by atoms with E-state index in [1.54, 1.807) is 7.11 Å². The second-order valence-electron chi connectivity index (χ2n) is 5.74. The average Bonchev–Trinajstić information content (AvgIpc) is 2.96. The lowest BCUT2D eigenvalue weighted by Crippen LogP contribution is -2.41. The van der Waals surface area contributed by atoms with E-state index in [1.807, 2.05) is 0 Å². The van der Waals surface area contributed by atoms with Gasteiger partial charge in [0.1, 0.15) is 6.61 Å². The molecule has 1 amide bonds. The second-order valence-corrected chi connectivity index (χ2v) is 5.74. The molecule has 2 fully saturated rings. The molecule has 0 aromatic rings. The highest BCUT2D eigenvalue weighted by atomic mass is 16.5. The zero-order valence-electron chi connectivity index (χ0n) is 11.5. The molecule has 0 aromatic carbocycles. The van der Waals surface area contributed by atoms with Crippen molar-refractivity contribution >= 4 is 5.91 Å². The monoisotopic (exact) mass is 255 g/mol. The zero-order chi connectivity index (χ0) is 13.0. The maximum atomic E-state index is 11.7. The molecule has 4 atom stereocenters. The number of amides is 1. The van der Waals surface area contributed by atoms with Gasteiger partial charge in [-0.25, -0.2) is 0 Å². The third-order valence-corrected chi connectivity index (χ3v) is 4.49. The van der Waals surface area contributed by atoms with Gasteiger partial charge in [-0.2, -0.15) is 0 Å². The van der Waals surface area contributed by atoms with E-state index in [1.165, 1.54) is 25.7 Å². The molecule has 0 saturated heterocycles. The van der Waals surface area contributed by atoms with E-state index in [0.717, 1.165) is 11.8 Å². The summed E-state index contributed by atoms with van der Waals surface area (Å²) in [5.41, 5.74) is 0. The molecule has 2 bridgehead atoms. The van der Waals surface area contributed by atoms with Gasteiger partial charge in [-0.3, -0.25) is 4.79 Å². The number of hydrogen-bond acceptors (Lipinski definition) is 3. The van der Waals surface area contributed by atoms with Gasteiger partial charge in [0.05, 0.1) is 13.2 Å². The van der Waals surface area contributed by atoms with Gasteiger partial charge in [-0.15, -0.1) is 0 Å². The third-order valence-electron chi connectivity index (χ3n) is 4.49. The SMILES string of the molecule is COCCOCC(=O)NC(C)C1CC2CCC1C2. The van der Waals surface area contributed by atoms with Crippen LogP contribution >= 0.6 is 0 Å². The van der Waals surface area contributed by atoms with Crippen LogP contribution in [-0.2, 0) is 14.3 Å². The molecule has 2 aliphatic carbocycles. The molecule has 4 heteroatoms. The highest BCUT2D eigenvalue weighted by molar-refractivity contribution is 5.77. The Morgan fingerprint density at radius 2 is 2.17 bits per heavy atom. The highest BCUT2D eigenvalue weighted by Crippen LogP contribution is 2.49. The fourth-order valence-corrected chi connectivity index (χ4v) is 3.62. The van der Waals surface area contributed by atoms with Crippen LogP contribution in [0.15, 0.2) is 0 Å². The van der Waals surface area contributed by atoms with Crippen molar-refractivity contribution in [1.29, 1.82) is 0 Å². The maximum absolute atomic E-state index is 11.7. The number of nitrogens with one attached hydrogen (secondary N) is 1. The van der Waals surface area contributed by atoms with E-state index >= 15 is 0 Å². The normalized spacial score (nSPS) is 31.6. The summed E-state index contributed by atoms with van der Waals surface area (Å²) < 4.78 is 10.1.